The number of Topliss-reactive ketones (excluding diaryl/α,β-unsaturated/α-hetero) is 1. The highest BCUT2D eigenvalue weighted by Crippen LogP contribution is 2.48. The van der Waals surface area contributed by atoms with Gasteiger partial charge in [0.2, 0.25) is 0 Å². The molecule has 2 rings (SSSR count). The summed E-state index contributed by atoms with van der Waals surface area (Å²) in [5, 5.41) is 5.66. The monoisotopic (exact) mass is 290 g/mol. The maximum atomic E-state index is 11.9. The van der Waals surface area contributed by atoms with Crippen molar-refractivity contribution < 1.29 is 14.3 Å². The first-order valence-electron chi connectivity index (χ1n) is 7.19. The summed E-state index contributed by atoms with van der Waals surface area (Å²) in [7, 11) is 1.69. The number of anilines is 1. The Morgan fingerprint density at radius 3 is 2.71 bits per heavy atom. The molecule has 0 aliphatic heterocycles. The summed E-state index contributed by atoms with van der Waals surface area (Å²) >= 11 is 0. The molecule has 0 spiro atoms. The van der Waals surface area contributed by atoms with Crippen LogP contribution in [0.5, 0.6) is 0 Å². The number of methoxy groups -OCH3 is 1. The van der Waals surface area contributed by atoms with Crippen molar-refractivity contribution in [1.29, 1.82) is 0 Å². The lowest BCUT2D eigenvalue weighted by Gasteiger charge is -2.16. The van der Waals surface area contributed by atoms with Gasteiger partial charge in [0, 0.05) is 31.5 Å². The molecule has 2 amide bonds. The van der Waals surface area contributed by atoms with E-state index < -0.39 is 0 Å². The number of nitrogens with one attached hydrogen (secondary N) is 2. The second-order valence-electron chi connectivity index (χ2n) is 5.69. The van der Waals surface area contributed by atoms with Crippen molar-refractivity contribution in [3.05, 3.63) is 29.8 Å². The fourth-order valence-electron chi connectivity index (χ4n) is 2.27. The molecule has 1 aliphatic rings. The number of carbonyl (C=O) groups excluding carboxylic acids is 2. The molecule has 5 nitrogen and oxygen atoms in total. The molecule has 0 aromatic heterocycles. The minimum Gasteiger partial charge on any atom is -0.385 e. The van der Waals surface area contributed by atoms with E-state index in [2.05, 4.69) is 10.6 Å². The quantitative estimate of drug-likeness (QED) is 0.759. The number of hydrogen-bond donors (Lipinski definition) is 2. The number of carbonyl (C=O) groups is 2. The van der Waals surface area contributed by atoms with Gasteiger partial charge in [0.15, 0.2) is 5.78 Å². The summed E-state index contributed by atoms with van der Waals surface area (Å²) in [5.74, 6) is -0.0180. The highest BCUT2D eigenvalue weighted by Gasteiger charge is 2.42. The lowest BCUT2D eigenvalue weighted by molar-refractivity contribution is 0.101. The minimum atomic E-state index is -0.237. The first-order chi connectivity index (χ1) is 10.0. The van der Waals surface area contributed by atoms with Gasteiger partial charge < -0.3 is 15.4 Å². The van der Waals surface area contributed by atoms with Gasteiger partial charge in [0.25, 0.3) is 0 Å². The molecule has 1 fully saturated rings. The van der Waals surface area contributed by atoms with Crippen molar-refractivity contribution >= 4 is 17.5 Å². The van der Waals surface area contributed by atoms with Crippen LogP contribution in [0.15, 0.2) is 24.3 Å². The largest absolute Gasteiger partial charge is 0.385 e. The molecule has 114 valence electrons. The van der Waals surface area contributed by atoms with Crippen LogP contribution in [-0.2, 0) is 4.74 Å². The Hall–Kier alpha value is -1.88. The second kappa shape index (κ2) is 6.72. The van der Waals surface area contributed by atoms with E-state index in [4.69, 9.17) is 4.74 Å². The molecule has 2 N–H and O–H groups in total. The van der Waals surface area contributed by atoms with Gasteiger partial charge in [0.1, 0.15) is 0 Å². The molecule has 5 heteroatoms. The zero-order chi connectivity index (χ0) is 15.3. The van der Waals surface area contributed by atoms with E-state index in [-0.39, 0.29) is 17.2 Å². The van der Waals surface area contributed by atoms with Crippen LogP contribution in [0, 0.1) is 5.41 Å². The van der Waals surface area contributed by atoms with E-state index in [0.717, 1.165) is 25.9 Å². The first kappa shape index (κ1) is 15.5. The zero-order valence-corrected chi connectivity index (χ0v) is 12.6. The molecule has 0 unspecified atom stereocenters. The number of ether oxygens (including phenoxy) is 1. The highest BCUT2D eigenvalue weighted by molar-refractivity contribution is 5.96. The number of hydrogen-bond acceptors (Lipinski definition) is 3. The molecule has 1 aromatic carbocycles. The average molecular weight is 290 g/mol. The Morgan fingerprint density at radius 1 is 1.33 bits per heavy atom. The molecule has 1 aromatic rings. The van der Waals surface area contributed by atoms with Crippen LogP contribution < -0.4 is 10.6 Å². The standard InChI is InChI=1S/C16H22N2O3/c1-12(19)13-4-3-5-14(10-13)18-15(20)17-11-16(6-7-16)8-9-21-2/h3-5,10H,6-9,11H2,1-2H3,(H2,17,18,20). The molecular weight excluding hydrogens is 268 g/mol. The van der Waals surface area contributed by atoms with Crippen molar-refractivity contribution in [2.75, 3.05) is 25.6 Å². The van der Waals surface area contributed by atoms with Crippen LogP contribution in [-0.4, -0.2) is 32.1 Å². The summed E-state index contributed by atoms with van der Waals surface area (Å²) in [5.41, 5.74) is 1.43. The number of amides is 2. The fraction of sp³-hybridized carbons (Fsp3) is 0.500. The summed E-state index contributed by atoms with van der Waals surface area (Å²) < 4.78 is 5.10. The highest BCUT2D eigenvalue weighted by atomic mass is 16.5. The Balaban J connectivity index is 1.82. The van der Waals surface area contributed by atoms with Crippen LogP contribution in [0.25, 0.3) is 0 Å². The molecule has 0 radical (unpaired) electrons. The number of ketones is 1. The number of urea groups is 1. The molecule has 0 bridgehead atoms. The van der Waals surface area contributed by atoms with Gasteiger partial charge in [-0.25, -0.2) is 4.79 Å². The van der Waals surface area contributed by atoms with Gasteiger partial charge in [-0.2, -0.15) is 0 Å². The van der Waals surface area contributed by atoms with Crippen LogP contribution >= 0.6 is 0 Å². The summed E-state index contributed by atoms with van der Waals surface area (Å²) in [6.45, 7) is 2.89. The maximum absolute atomic E-state index is 11.9. The van der Waals surface area contributed by atoms with E-state index in [9.17, 15) is 9.59 Å². The Morgan fingerprint density at radius 2 is 2.10 bits per heavy atom. The number of rotatable bonds is 7. The predicted octanol–water partition coefficient (Wildman–Crippen LogP) is 2.83. The lowest BCUT2D eigenvalue weighted by atomic mass is 10.0. The third-order valence-electron chi connectivity index (χ3n) is 3.94. The van der Waals surface area contributed by atoms with Crippen LogP contribution in [0.2, 0.25) is 0 Å². The van der Waals surface area contributed by atoms with Crippen molar-refractivity contribution in [1.82, 2.24) is 5.32 Å². The molecule has 0 saturated heterocycles. The molecule has 1 saturated carbocycles. The number of benzene rings is 1. The van der Waals surface area contributed by atoms with Crippen molar-refractivity contribution in [2.24, 2.45) is 5.41 Å². The van der Waals surface area contributed by atoms with Crippen LogP contribution in [0.3, 0.4) is 0 Å². The third kappa shape index (κ3) is 4.56. The molecular formula is C16H22N2O3. The third-order valence-corrected chi connectivity index (χ3v) is 3.94. The SMILES string of the molecule is COCCC1(CNC(=O)Nc2cccc(C(C)=O)c2)CC1. The van der Waals surface area contributed by atoms with Crippen molar-refractivity contribution in [2.45, 2.75) is 26.2 Å². The smallest absolute Gasteiger partial charge is 0.319 e. The fourth-order valence-corrected chi connectivity index (χ4v) is 2.27. The van der Waals surface area contributed by atoms with Gasteiger partial charge in [-0.3, -0.25) is 4.79 Å². The van der Waals surface area contributed by atoms with Gasteiger partial charge in [-0.1, -0.05) is 12.1 Å². The average Bonchev–Trinajstić information content (AvgIpc) is 3.24. The molecule has 1 aliphatic carbocycles. The van der Waals surface area contributed by atoms with Crippen molar-refractivity contribution in [3.8, 4) is 0 Å². The van der Waals surface area contributed by atoms with Gasteiger partial charge in [-0.15, -0.1) is 0 Å². The van der Waals surface area contributed by atoms with E-state index in [1.54, 1.807) is 31.4 Å². The van der Waals surface area contributed by atoms with E-state index >= 15 is 0 Å². The van der Waals surface area contributed by atoms with Crippen molar-refractivity contribution in [3.63, 3.8) is 0 Å². The van der Waals surface area contributed by atoms with Crippen LogP contribution in [0.1, 0.15) is 36.5 Å². The van der Waals surface area contributed by atoms with E-state index in [1.807, 2.05) is 0 Å². The Bertz CT molecular complexity index is 524. The maximum Gasteiger partial charge on any atom is 0.319 e. The summed E-state index contributed by atoms with van der Waals surface area (Å²) in [6.07, 6.45) is 3.25. The molecule has 0 atom stereocenters. The Kier molecular flexibility index (Phi) is 4.96. The van der Waals surface area contributed by atoms with E-state index in [0.29, 0.717) is 17.8 Å². The second-order valence-corrected chi connectivity index (χ2v) is 5.69. The van der Waals surface area contributed by atoms with Gasteiger partial charge in [-0.05, 0) is 43.7 Å². The minimum absolute atomic E-state index is 0.0180. The van der Waals surface area contributed by atoms with Gasteiger partial charge in [0.05, 0.1) is 0 Å². The lowest BCUT2D eigenvalue weighted by Crippen LogP contribution is -2.34. The van der Waals surface area contributed by atoms with Gasteiger partial charge >= 0.3 is 6.03 Å². The molecule has 21 heavy (non-hydrogen) atoms. The topological polar surface area (TPSA) is 67.4 Å². The Labute approximate surface area is 125 Å². The van der Waals surface area contributed by atoms with E-state index in [1.165, 1.54) is 6.92 Å². The molecule has 0 heterocycles. The van der Waals surface area contributed by atoms with Crippen LogP contribution in [0.4, 0.5) is 10.5 Å². The predicted molar refractivity (Wildman–Crippen MR) is 81.6 cm³/mol. The first-order valence-corrected chi connectivity index (χ1v) is 7.19. The zero-order valence-electron chi connectivity index (χ0n) is 12.6. The summed E-state index contributed by atoms with van der Waals surface area (Å²) in [4.78, 5) is 23.2. The normalized spacial score (nSPS) is 15.3. The summed E-state index contributed by atoms with van der Waals surface area (Å²) in [6, 6.07) is 6.70.